The highest BCUT2D eigenvalue weighted by molar-refractivity contribution is 7.89. The molecule has 0 radical (unpaired) electrons. The number of carboxylic acid groups (broad SMARTS) is 1. The van der Waals surface area contributed by atoms with Gasteiger partial charge in [-0.25, -0.2) is 8.42 Å². The third kappa shape index (κ3) is 3.52. The first-order chi connectivity index (χ1) is 7.84. The van der Waals surface area contributed by atoms with Crippen LogP contribution in [0.3, 0.4) is 0 Å². The van der Waals surface area contributed by atoms with Gasteiger partial charge in [0.1, 0.15) is 0 Å². The third-order valence-electron chi connectivity index (χ3n) is 2.17. The molecule has 0 saturated carbocycles. The van der Waals surface area contributed by atoms with Gasteiger partial charge in [0.2, 0.25) is 0 Å². The van der Waals surface area contributed by atoms with Crippen LogP contribution in [-0.4, -0.2) is 30.5 Å². The van der Waals surface area contributed by atoms with Gasteiger partial charge in [-0.3, -0.25) is 10.6 Å². The molecule has 94 valence electrons. The van der Waals surface area contributed by atoms with Gasteiger partial charge >= 0.3 is 5.97 Å². The van der Waals surface area contributed by atoms with Crippen molar-refractivity contribution in [2.75, 3.05) is 6.54 Å². The maximum Gasteiger partial charge on any atom is 0.304 e. The molecule has 0 amide bonds. The van der Waals surface area contributed by atoms with E-state index in [9.17, 15) is 13.2 Å². The molecule has 7 heteroatoms. The van der Waals surface area contributed by atoms with Gasteiger partial charge in [0, 0.05) is 6.54 Å². The van der Waals surface area contributed by atoms with Crippen LogP contribution in [0.2, 0.25) is 0 Å². The SMILES string of the molecule is Cc1ccc(S(=O)(=O)N(N)CCC(=O)O)cc1. The Morgan fingerprint density at radius 1 is 1.35 bits per heavy atom. The first kappa shape index (κ1) is 13.6. The highest BCUT2D eigenvalue weighted by Gasteiger charge is 2.21. The van der Waals surface area contributed by atoms with E-state index in [4.69, 9.17) is 10.9 Å². The number of hydrogen-bond acceptors (Lipinski definition) is 4. The van der Waals surface area contributed by atoms with Gasteiger partial charge in [-0.15, -0.1) is 4.41 Å². The molecule has 6 nitrogen and oxygen atoms in total. The minimum Gasteiger partial charge on any atom is -0.481 e. The van der Waals surface area contributed by atoms with Crippen LogP contribution in [0.15, 0.2) is 29.2 Å². The van der Waals surface area contributed by atoms with Crippen molar-refractivity contribution in [2.45, 2.75) is 18.2 Å². The fourth-order valence-electron chi connectivity index (χ4n) is 1.17. The second kappa shape index (κ2) is 5.26. The van der Waals surface area contributed by atoms with Crippen molar-refractivity contribution in [3.8, 4) is 0 Å². The van der Waals surface area contributed by atoms with Crippen LogP contribution < -0.4 is 5.84 Å². The summed E-state index contributed by atoms with van der Waals surface area (Å²) in [5.74, 6) is 4.25. The first-order valence-electron chi connectivity index (χ1n) is 4.90. The number of nitrogens with zero attached hydrogens (tertiary/aromatic N) is 1. The number of aryl methyl sites for hydroxylation is 1. The van der Waals surface area contributed by atoms with Gasteiger partial charge in [0.25, 0.3) is 10.0 Å². The zero-order valence-corrected chi connectivity index (χ0v) is 10.1. The fourth-order valence-corrected chi connectivity index (χ4v) is 2.25. The molecular formula is C10H14N2O4S. The van der Waals surface area contributed by atoms with Crippen LogP contribution in [-0.2, 0) is 14.8 Å². The largest absolute Gasteiger partial charge is 0.481 e. The maximum atomic E-state index is 11.9. The molecule has 0 saturated heterocycles. The van der Waals surface area contributed by atoms with Crippen LogP contribution in [0, 0.1) is 6.92 Å². The lowest BCUT2D eigenvalue weighted by Gasteiger charge is -2.15. The summed E-state index contributed by atoms with van der Waals surface area (Å²) in [5, 5.41) is 8.46. The van der Waals surface area contributed by atoms with E-state index in [1.807, 2.05) is 6.92 Å². The smallest absolute Gasteiger partial charge is 0.304 e. The summed E-state index contributed by atoms with van der Waals surface area (Å²) in [6, 6.07) is 6.17. The quantitative estimate of drug-likeness (QED) is 0.585. The lowest BCUT2D eigenvalue weighted by atomic mass is 10.2. The van der Waals surface area contributed by atoms with E-state index in [1.165, 1.54) is 12.1 Å². The molecule has 1 aromatic carbocycles. The Morgan fingerprint density at radius 3 is 2.35 bits per heavy atom. The molecule has 0 fully saturated rings. The van der Waals surface area contributed by atoms with Gasteiger partial charge in [-0.1, -0.05) is 17.7 Å². The highest BCUT2D eigenvalue weighted by Crippen LogP contribution is 2.13. The Hall–Kier alpha value is -1.44. The molecule has 3 N–H and O–H groups in total. The minimum absolute atomic E-state index is 0.0518. The van der Waals surface area contributed by atoms with E-state index >= 15 is 0 Å². The Kier molecular flexibility index (Phi) is 4.22. The van der Waals surface area contributed by atoms with Gasteiger partial charge in [0.15, 0.2) is 0 Å². The van der Waals surface area contributed by atoms with Crippen molar-refractivity contribution in [1.29, 1.82) is 0 Å². The number of carboxylic acids is 1. The molecule has 17 heavy (non-hydrogen) atoms. The topological polar surface area (TPSA) is 101 Å². The van der Waals surface area contributed by atoms with Gasteiger partial charge < -0.3 is 5.11 Å². The van der Waals surface area contributed by atoms with Crippen molar-refractivity contribution in [1.82, 2.24) is 4.41 Å². The second-order valence-corrected chi connectivity index (χ2v) is 5.46. The molecule has 0 spiro atoms. The van der Waals surface area contributed by atoms with E-state index in [2.05, 4.69) is 0 Å². The van der Waals surface area contributed by atoms with Crippen LogP contribution in [0.25, 0.3) is 0 Å². The normalized spacial score (nSPS) is 11.7. The number of sulfonamides is 1. The zero-order chi connectivity index (χ0) is 13.1. The number of hydrazine groups is 1. The molecule has 0 heterocycles. The Morgan fingerprint density at radius 2 is 1.88 bits per heavy atom. The van der Waals surface area contributed by atoms with Crippen LogP contribution in [0.5, 0.6) is 0 Å². The average Bonchev–Trinajstić information content (AvgIpc) is 2.26. The van der Waals surface area contributed by atoms with Crippen molar-refractivity contribution in [3.05, 3.63) is 29.8 Å². The molecule has 0 aromatic heterocycles. The van der Waals surface area contributed by atoms with E-state index < -0.39 is 16.0 Å². The van der Waals surface area contributed by atoms with Crippen LogP contribution in [0.4, 0.5) is 0 Å². The van der Waals surface area contributed by atoms with Crippen LogP contribution in [0.1, 0.15) is 12.0 Å². The summed E-state index contributed by atoms with van der Waals surface area (Å²) >= 11 is 0. The molecule has 0 aliphatic carbocycles. The third-order valence-corrected chi connectivity index (χ3v) is 3.84. The molecule has 0 aliphatic heterocycles. The van der Waals surface area contributed by atoms with Crippen molar-refractivity contribution in [3.63, 3.8) is 0 Å². The highest BCUT2D eigenvalue weighted by atomic mass is 32.2. The molecule has 0 bridgehead atoms. The molecule has 0 unspecified atom stereocenters. The van der Waals surface area contributed by atoms with E-state index in [-0.39, 0.29) is 17.9 Å². The number of aliphatic carboxylic acids is 1. The summed E-state index contributed by atoms with van der Waals surface area (Å²) in [6.45, 7) is 1.58. The number of benzene rings is 1. The Labute approximate surface area is 99.7 Å². The van der Waals surface area contributed by atoms with Crippen molar-refractivity contribution in [2.24, 2.45) is 5.84 Å². The van der Waals surface area contributed by atoms with E-state index in [0.717, 1.165) is 5.56 Å². The molecular weight excluding hydrogens is 244 g/mol. The van der Waals surface area contributed by atoms with Crippen molar-refractivity contribution < 1.29 is 18.3 Å². The van der Waals surface area contributed by atoms with E-state index in [1.54, 1.807) is 12.1 Å². The predicted octanol–water partition coefficient (Wildman–Crippen LogP) is 0.334. The minimum atomic E-state index is -3.80. The second-order valence-electron chi connectivity index (χ2n) is 3.57. The van der Waals surface area contributed by atoms with Gasteiger partial charge in [-0.05, 0) is 19.1 Å². The molecule has 1 aromatic rings. The Balaban J connectivity index is 2.87. The standard InChI is InChI=1S/C10H14N2O4S/c1-8-2-4-9(5-3-8)17(15,16)12(11)7-6-10(13)14/h2-5H,6-7,11H2,1H3,(H,13,14). The maximum absolute atomic E-state index is 11.9. The number of hydrogen-bond donors (Lipinski definition) is 2. The monoisotopic (exact) mass is 258 g/mol. The Bertz CT molecular complexity index is 496. The molecule has 0 atom stereocenters. The van der Waals surface area contributed by atoms with Gasteiger partial charge in [-0.2, -0.15) is 0 Å². The molecule has 0 aliphatic rings. The van der Waals surface area contributed by atoms with E-state index in [0.29, 0.717) is 4.41 Å². The summed E-state index contributed by atoms with van der Waals surface area (Å²) < 4.78 is 24.3. The zero-order valence-electron chi connectivity index (χ0n) is 9.33. The summed E-state index contributed by atoms with van der Waals surface area (Å²) in [6.07, 6.45) is -0.332. The number of rotatable bonds is 5. The predicted molar refractivity (Wildman–Crippen MR) is 61.5 cm³/mol. The molecule has 1 rings (SSSR count). The average molecular weight is 258 g/mol. The summed E-state index contributed by atoms with van der Waals surface area (Å²) in [7, 11) is -3.80. The lowest BCUT2D eigenvalue weighted by molar-refractivity contribution is -0.137. The van der Waals surface area contributed by atoms with Crippen molar-refractivity contribution >= 4 is 16.0 Å². The fraction of sp³-hybridized carbons (Fsp3) is 0.300. The first-order valence-corrected chi connectivity index (χ1v) is 6.34. The van der Waals surface area contributed by atoms with Crippen LogP contribution >= 0.6 is 0 Å². The number of carbonyl (C=O) groups is 1. The summed E-state index contributed by atoms with van der Waals surface area (Å²) in [4.78, 5) is 10.4. The number of nitrogens with two attached hydrogens (primary N) is 1. The summed E-state index contributed by atoms with van der Waals surface area (Å²) in [5.41, 5.74) is 0.929. The van der Waals surface area contributed by atoms with Gasteiger partial charge in [0.05, 0.1) is 11.3 Å². The lowest BCUT2D eigenvalue weighted by Crippen LogP contribution is -2.38.